The first-order chi connectivity index (χ1) is 17.5. The number of halogens is 2. The first-order valence-corrected chi connectivity index (χ1v) is 12.8. The fourth-order valence-corrected chi connectivity index (χ4v) is 4.88. The summed E-state index contributed by atoms with van der Waals surface area (Å²) in [5.41, 5.74) is 0.402. The number of carbonyl (C=O) groups is 1. The molecule has 0 radical (unpaired) electrons. The Morgan fingerprint density at radius 3 is 2.39 bits per heavy atom. The average Bonchev–Trinajstić information content (AvgIpc) is 2.85. The Kier molecular flexibility index (Phi) is 9.43. The van der Waals surface area contributed by atoms with Crippen molar-refractivity contribution in [3.8, 4) is 11.5 Å². The van der Waals surface area contributed by atoms with Gasteiger partial charge in [-0.15, -0.1) is 5.11 Å². The van der Waals surface area contributed by atoms with Crippen molar-refractivity contribution in [2.75, 3.05) is 12.4 Å². The summed E-state index contributed by atoms with van der Waals surface area (Å²) < 4.78 is 37.9. The van der Waals surface area contributed by atoms with E-state index in [-0.39, 0.29) is 51.5 Å². The minimum absolute atomic E-state index is 0. The molecule has 0 aliphatic rings. The number of benzene rings is 4. The van der Waals surface area contributed by atoms with Gasteiger partial charge in [-0.2, -0.15) is 13.5 Å². The van der Waals surface area contributed by atoms with Crippen LogP contribution >= 0.6 is 23.2 Å². The van der Waals surface area contributed by atoms with Gasteiger partial charge in [0.1, 0.15) is 16.3 Å². The van der Waals surface area contributed by atoms with Gasteiger partial charge in [0.15, 0.2) is 0 Å². The second-order valence-corrected chi connectivity index (χ2v) is 10.0. The molecule has 0 saturated heterocycles. The Morgan fingerprint density at radius 1 is 1.03 bits per heavy atom. The van der Waals surface area contributed by atoms with Gasteiger partial charge in [-0.25, -0.2) is 0 Å². The van der Waals surface area contributed by atoms with Crippen molar-refractivity contribution >= 4 is 67.1 Å². The number of carbonyl (C=O) groups excluding carboxylic acids is 1. The standard InChI is InChI=1S/C25H19Cl2N3O6S.Na/c1-13-7-10-20(37(33,34)35)21(27)22(13)29-30-23-16-6-4-3-5-14(16)11-17(24(23)31)25(32)28-15-8-9-18(26)19(12-15)36-2;/h3-12,31H,1-2H3,(H,28,32)(H,33,34,35);/q;+1/p-1. The van der Waals surface area contributed by atoms with Gasteiger partial charge in [0.2, 0.25) is 0 Å². The fraction of sp³-hybridized carbons (Fsp3) is 0.0800. The van der Waals surface area contributed by atoms with Gasteiger partial charge in [0.05, 0.1) is 22.8 Å². The van der Waals surface area contributed by atoms with Crippen LogP contribution in [-0.2, 0) is 10.1 Å². The molecule has 190 valence electrons. The third-order valence-corrected chi connectivity index (χ3v) is 7.14. The molecule has 2 N–H and O–H groups in total. The van der Waals surface area contributed by atoms with Crippen LogP contribution in [0.1, 0.15) is 15.9 Å². The minimum atomic E-state index is -4.62. The molecule has 0 heterocycles. The van der Waals surface area contributed by atoms with E-state index in [0.717, 1.165) is 6.07 Å². The molecule has 4 aromatic carbocycles. The zero-order valence-electron chi connectivity index (χ0n) is 20.3. The average molecular weight is 582 g/mol. The monoisotopic (exact) mass is 581 g/mol. The van der Waals surface area contributed by atoms with Crippen molar-refractivity contribution in [2.24, 2.45) is 10.2 Å². The maximum atomic E-state index is 13.4. The summed E-state index contributed by atoms with van der Waals surface area (Å²) in [6.07, 6.45) is 0. The Hall–Kier alpha value is -2.70. The number of ether oxygens (including phenoxy) is 1. The predicted molar refractivity (Wildman–Crippen MR) is 140 cm³/mol. The number of anilines is 1. The van der Waals surface area contributed by atoms with Gasteiger partial charge in [-0.3, -0.25) is 9.35 Å². The Labute approximate surface area is 250 Å². The largest absolute Gasteiger partial charge is 1.00 e. The van der Waals surface area contributed by atoms with Crippen LogP contribution in [0.4, 0.5) is 17.1 Å². The molecule has 0 aromatic heterocycles. The number of aryl methyl sites for hydroxylation is 1. The molecule has 9 nitrogen and oxygen atoms in total. The molecule has 0 saturated carbocycles. The van der Waals surface area contributed by atoms with Crippen molar-refractivity contribution < 1.29 is 57.2 Å². The van der Waals surface area contributed by atoms with Crippen molar-refractivity contribution in [1.82, 2.24) is 0 Å². The molecule has 0 atom stereocenters. The molecule has 0 aliphatic heterocycles. The molecule has 0 spiro atoms. The topological polar surface area (TPSA) is 140 Å². The van der Waals surface area contributed by atoms with Gasteiger partial charge < -0.3 is 15.2 Å². The van der Waals surface area contributed by atoms with E-state index >= 15 is 0 Å². The molecule has 13 heteroatoms. The number of nitrogens with zero attached hydrogens (tertiary/aromatic N) is 2. The maximum absolute atomic E-state index is 13.4. The molecular weight excluding hydrogens is 564 g/mol. The van der Waals surface area contributed by atoms with E-state index in [2.05, 4.69) is 15.5 Å². The van der Waals surface area contributed by atoms with E-state index in [1.165, 1.54) is 25.3 Å². The fourth-order valence-electron chi connectivity index (χ4n) is 3.58. The summed E-state index contributed by atoms with van der Waals surface area (Å²) in [5.74, 6) is -1.06. The van der Waals surface area contributed by atoms with E-state index in [1.54, 1.807) is 43.3 Å². The number of rotatable bonds is 6. The number of azo groups is 1. The number of methoxy groups -OCH3 is 1. The maximum Gasteiger partial charge on any atom is 1.00 e. The Bertz CT molecular complexity index is 1700. The summed E-state index contributed by atoms with van der Waals surface area (Å²) in [5, 5.41) is 25.1. The molecule has 0 unspecified atom stereocenters. The van der Waals surface area contributed by atoms with E-state index < -0.39 is 26.7 Å². The molecule has 0 fully saturated rings. The summed E-state index contributed by atoms with van der Waals surface area (Å²) in [6.45, 7) is 1.61. The third kappa shape index (κ3) is 6.13. The summed E-state index contributed by atoms with van der Waals surface area (Å²) in [4.78, 5) is 12.5. The van der Waals surface area contributed by atoms with Gasteiger partial charge in [-0.05, 0) is 42.1 Å². The molecule has 4 rings (SSSR count). The van der Waals surface area contributed by atoms with E-state index in [1.807, 2.05) is 0 Å². The second-order valence-electron chi connectivity index (χ2n) is 7.84. The van der Waals surface area contributed by atoms with Crippen molar-refractivity contribution in [3.63, 3.8) is 0 Å². The smallest absolute Gasteiger partial charge is 0.870 e. The zero-order valence-corrected chi connectivity index (χ0v) is 24.6. The molecule has 1 amide bonds. The molecule has 0 bridgehead atoms. The van der Waals surface area contributed by atoms with E-state index in [9.17, 15) is 22.9 Å². The van der Waals surface area contributed by atoms with Gasteiger partial charge in [0, 0.05) is 22.7 Å². The van der Waals surface area contributed by atoms with Gasteiger partial charge in [-0.1, -0.05) is 59.3 Å². The predicted octanol–water partition coefficient (Wildman–Crippen LogP) is 3.46. The summed E-state index contributed by atoms with van der Waals surface area (Å²) in [7, 11) is -3.19. The van der Waals surface area contributed by atoms with Crippen LogP contribution < -0.4 is 44.7 Å². The minimum Gasteiger partial charge on any atom is -0.870 e. The van der Waals surface area contributed by atoms with E-state index in [0.29, 0.717) is 32.8 Å². The zero-order chi connectivity index (χ0) is 26.9. The summed E-state index contributed by atoms with van der Waals surface area (Å²) in [6, 6.07) is 15.3. The van der Waals surface area contributed by atoms with Gasteiger partial charge >= 0.3 is 29.6 Å². The normalized spacial score (nSPS) is 11.4. The van der Waals surface area contributed by atoms with Crippen LogP contribution in [0, 0.1) is 6.92 Å². The SMILES string of the molecule is COc1cc(NC(=O)c2cc3ccccc3c(N=Nc3c(C)ccc(S(=O)(=O)O)c3Cl)c2[O-])ccc1Cl.[Na+]. The molecule has 38 heavy (non-hydrogen) atoms. The van der Waals surface area contributed by atoms with Crippen LogP contribution in [-0.4, -0.2) is 26.0 Å². The van der Waals surface area contributed by atoms with Crippen LogP contribution in [0.2, 0.25) is 10.0 Å². The van der Waals surface area contributed by atoms with Crippen LogP contribution in [0.3, 0.4) is 0 Å². The first-order valence-electron chi connectivity index (χ1n) is 10.6. The third-order valence-electron chi connectivity index (χ3n) is 5.44. The summed E-state index contributed by atoms with van der Waals surface area (Å²) >= 11 is 12.2. The van der Waals surface area contributed by atoms with Crippen LogP contribution in [0.25, 0.3) is 10.8 Å². The quantitative estimate of drug-likeness (QED) is 0.203. The molecule has 0 aliphatic carbocycles. The molecular formula is C25H18Cl2N3NaO6S. The van der Waals surface area contributed by atoms with Crippen LogP contribution in [0.15, 0.2) is 75.8 Å². The first kappa shape index (κ1) is 29.9. The molecule has 4 aromatic rings. The number of hydrogen-bond donors (Lipinski definition) is 2. The van der Waals surface area contributed by atoms with Crippen LogP contribution in [0.5, 0.6) is 11.5 Å². The number of fused-ring (bicyclic) bond motifs is 1. The van der Waals surface area contributed by atoms with Crippen molar-refractivity contribution in [1.29, 1.82) is 0 Å². The number of nitrogens with one attached hydrogen (secondary N) is 1. The number of amides is 1. The Balaban J connectivity index is 0.00000400. The second kappa shape index (κ2) is 12.0. The number of hydrogen-bond acceptors (Lipinski definition) is 7. The van der Waals surface area contributed by atoms with Gasteiger partial charge in [0.25, 0.3) is 16.0 Å². The van der Waals surface area contributed by atoms with Crippen molar-refractivity contribution in [2.45, 2.75) is 11.8 Å². The van der Waals surface area contributed by atoms with Crippen molar-refractivity contribution in [3.05, 3.63) is 81.8 Å². The van der Waals surface area contributed by atoms with E-state index in [4.69, 9.17) is 27.9 Å². The Morgan fingerprint density at radius 2 is 1.71 bits per heavy atom.